The first-order valence-electron chi connectivity index (χ1n) is 10.5. The lowest BCUT2D eigenvalue weighted by Crippen LogP contribution is -2.25. The molecule has 0 spiro atoms. The van der Waals surface area contributed by atoms with Crippen molar-refractivity contribution in [1.29, 1.82) is 0 Å². The Labute approximate surface area is 187 Å². The van der Waals surface area contributed by atoms with Crippen molar-refractivity contribution in [2.24, 2.45) is 4.99 Å². The molecule has 0 amide bonds. The number of nitrogens with one attached hydrogen (secondary N) is 1. The highest BCUT2D eigenvalue weighted by molar-refractivity contribution is 6.06. The Bertz CT molecular complexity index is 1140. The predicted molar refractivity (Wildman–Crippen MR) is 126 cm³/mol. The van der Waals surface area contributed by atoms with Crippen LogP contribution in [0.3, 0.4) is 0 Å². The first-order chi connectivity index (χ1) is 15.4. The largest absolute Gasteiger partial charge is 0.508 e. The van der Waals surface area contributed by atoms with Crippen molar-refractivity contribution in [2.75, 3.05) is 5.73 Å². The maximum Gasteiger partial charge on any atom is 0.135 e. The van der Waals surface area contributed by atoms with Crippen molar-refractivity contribution in [2.45, 2.75) is 32.7 Å². The Morgan fingerprint density at radius 3 is 2.50 bits per heavy atom. The zero-order valence-corrected chi connectivity index (χ0v) is 18.0. The molecule has 0 heterocycles. The third-order valence-electron chi connectivity index (χ3n) is 5.15. The van der Waals surface area contributed by atoms with Crippen LogP contribution in [0.2, 0.25) is 0 Å². The molecule has 0 radical (unpaired) electrons. The Hall–Kier alpha value is -3.67. The minimum atomic E-state index is -0.673. The Morgan fingerprint density at radius 2 is 1.78 bits per heavy atom. The molecule has 4 N–H and O–H groups in total. The van der Waals surface area contributed by atoms with Gasteiger partial charge in [-0.2, -0.15) is 0 Å². The quantitative estimate of drug-likeness (QED) is 0.238. The molecular formula is C26H27F2N3O. The maximum atomic E-state index is 14.5. The second-order valence-electron chi connectivity index (χ2n) is 7.50. The first kappa shape index (κ1) is 23.0. The average molecular weight is 436 g/mol. The molecule has 0 saturated carbocycles. The summed E-state index contributed by atoms with van der Waals surface area (Å²) in [5.74, 6) is -0.747. The van der Waals surface area contributed by atoms with Gasteiger partial charge in [-0.3, -0.25) is 4.99 Å². The van der Waals surface area contributed by atoms with E-state index in [2.05, 4.69) is 16.9 Å². The summed E-state index contributed by atoms with van der Waals surface area (Å²) in [5.41, 5.74) is 8.98. The van der Waals surface area contributed by atoms with Gasteiger partial charge in [0.15, 0.2) is 0 Å². The van der Waals surface area contributed by atoms with Crippen LogP contribution in [0.25, 0.3) is 5.70 Å². The summed E-state index contributed by atoms with van der Waals surface area (Å²) in [6.45, 7) is 6.22. The highest BCUT2D eigenvalue weighted by Gasteiger charge is 2.16. The van der Waals surface area contributed by atoms with Gasteiger partial charge in [-0.1, -0.05) is 50.3 Å². The van der Waals surface area contributed by atoms with Crippen LogP contribution >= 0.6 is 0 Å². The molecule has 0 aliphatic heterocycles. The van der Waals surface area contributed by atoms with Crippen molar-refractivity contribution < 1.29 is 13.9 Å². The van der Waals surface area contributed by atoms with E-state index in [4.69, 9.17) is 5.73 Å². The van der Waals surface area contributed by atoms with Gasteiger partial charge in [0.25, 0.3) is 0 Å². The van der Waals surface area contributed by atoms with Gasteiger partial charge in [0.05, 0.1) is 6.54 Å². The normalized spacial score (nSPS) is 11.4. The zero-order chi connectivity index (χ0) is 23.1. The van der Waals surface area contributed by atoms with E-state index in [-0.39, 0.29) is 12.3 Å². The zero-order valence-electron chi connectivity index (χ0n) is 18.0. The number of nitrogens with two attached hydrogens (primary N) is 1. The number of benzene rings is 3. The number of phenolic OH excluding ortho intramolecular Hbond substituents is 1. The molecule has 166 valence electrons. The monoisotopic (exact) mass is 435 g/mol. The number of nitrogens with zero attached hydrogens (tertiary/aromatic N) is 1. The second kappa shape index (κ2) is 10.6. The summed E-state index contributed by atoms with van der Waals surface area (Å²) in [6, 6.07) is 16.2. The lowest BCUT2D eigenvalue weighted by atomic mass is 9.98. The second-order valence-corrected chi connectivity index (χ2v) is 7.50. The Kier molecular flexibility index (Phi) is 7.60. The molecule has 0 saturated heterocycles. The number of hydrogen-bond donors (Lipinski definition) is 3. The van der Waals surface area contributed by atoms with Gasteiger partial charge >= 0.3 is 0 Å². The van der Waals surface area contributed by atoms with E-state index in [1.807, 2.05) is 19.1 Å². The molecule has 4 nitrogen and oxygen atoms in total. The van der Waals surface area contributed by atoms with Crippen LogP contribution in [0.4, 0.5) is 14.5 Å². The van der Waals surface area contributed by atoms with Gasteiger partial charge in [0.2, 0.25) is 0 Å². The summed E-state index contributed by atoms with van der Waals surface area (Å²) in [4.78, 5) is 4.61. The standard InChI is InChI=1S/C26H27F2N3O/c1-3-4-10-20-22(14-19(27)15-23(20)28)17(2)31-26(21-11-6-7-12-24(21)29)30-16-18-9-5-8-13-25(18)32/h5-9,11-15,32H,2-4,10,16,29H2,1H3,(H,30,31). The number of amidine groups is 1. The molecule has 3 aromatic carbocycles. The molecule has 0 unspecified atom stereocenters. The van der Waals surface area contributed by atoms with Gasteiger partial charge in [0.1, 0.15) is 23.2 Å². The number of rotatable bonds is 8. The van der Waals surface area contributed by atoms with Crippen molar-refractivity contribution in [3.05, 3.63) is 101 Å². The summed E-state index contributed by atoms with van der Waals surface area (Å²) >= 11 is 0. The van der Waals surface area contributed by atoms with Crippen molar-refractivity contribution >= 4 is 17.2 Å². The van der Waals surface area contributed by atoms with E-state index in [0.717, 1.165) is 18.9 Å². The molecule has 0 aliphatic carbocycles. The first-order valence-corrected chi connectivity index (χ1v) is 10.5. The van der Waals surface area contributed by atoms with E-state index < -0.39 is 11.6 Å². The minimum absolute atomic E-state index is 0.129. The Balaban J connectivity index is 1.98. The lowest BCUT2D eigenvalue weighted by molar-refractivity contribution is 0.468. The van der Waals surface area contributed by atoms with Gasteiger partial charge in [0, 0.05) is 34.1 Å². The highest BCUT2D eigenvalue weighted by atomic mass is 19.1. The average Bonchev–Trinajstić information content (AvgIpc) is 2.77. The maximum absolute atomic E-state index is 14.5. The smallest absolute Gasteiger partial charge is 0.135 e. The minimum Gasteiger partial charge on any atom is -0.508 e. The van der Waals surface area contributed by atoms with Crippen LogP contribution in [0.1, 0.15) is 42.0 Å². The predicted octanol–water partition coefficient (Wildman–Crippen LogP) is 5.80. The topological polar surface area (TPSA) is 70.6 Å². The van der Waals surface area contributed by atoms with Crippen molar-refractivity contribution in [1.82, 2.24) is 5.32 Å². The molecule has 32 heavy (non-hydrogen) atoms. The number of unbranched alkanes of at least 4 members (excludes halogenated alkanes) is 1. The number of nitrogen functional groups attached to an aromatic ring is 1. The number of phenols is 1. The Morgan fingerprint density at radius 1 is 1.06 bits per heavy atom. The SMILES string of the molecule is C=C(NC(=NCc1ccccc1O)c1ccccc1N)c1cc(F)cc(F)c1CCCC. The van der Waals surface area contributed by atoms with Crippen LogP contribution in [-0.2, 0) is 13.0 Å². The van der Waals surface area contributed by atoms with Gasteiger partial charge in [-0.05, 0) is 42.7 Å². The third-order valence-corrected chi connectivity index (χ3v) is 5.15. The van der Waals surface area contributed by atoms with Gasteiger partial charge in [-0.25, -0.2) is 8.78 Å². The van der Waals surface area contributed by atoms with E-state index >= 15 is 0 Å². The van der Waals surface area contributed by atoms with E-state index in [1.54, 1.807) is 36.4 Å². The van der Waals surface area contributed by atoms with E-state index in [0.29, 0.717) is 45.9 Å². The summed E-state index contributed by atoms with van der Waals surface area (Å²) in [6.07, 6.45) is 2.11. The molecule has 3 rings (SSSR count). The van der Waals surface area contributed by atoms with Crippen LogP contribution in [0.15, 0.2) is 72.2 Å². The number of halogens is 2. The summed E-state index contributed by atoms with van der Waals surface area (Å²) in [5, 5.41) is 13.2. The van der Waals surface area contributed by atoms with Crippen molar-refractivity contribution in [3.8, 4) is 5.75 Å². The van der Waals surface area contributed by atoms with E-state index in [9.17, 15) is 13.9 Å². The van der Waals surface area contributed by atoms with Crippen LogP contribution in [0, 0.1) is 11.6 Å². The number of anilines is 1. The van der Waals surface area contributed by atoms with Crippen LogP contribution in [-0.4, -0.2) is 10.9 Å². The molecule has 0 fully saturated rings. The fourth-order valence-corrected chi connectivity index (χ4v) is 3.40. The van der Waals surface area contributed by atoms with Crippen LogP contribution in [0.5, 0.6) is 5.75 Å². The molecule has 0 atom stereocenters. The van der Waals surface area contributed by atoms with Crippen molar-refractivity contribution in [3.63, 3.8) is 0 Å². The molecule has 6 heteroatoms. The fraction of sp³-hybridized carbons (Fsp3) is 0.192. The lowest BCUT2D eigenvalue weighted by Gasteiger charge is -2.18. The van der Waals surface area contributed by atoms with Crippen LogP contribution < -0.4 is 11.1 Å². The number of aromatic hydroxyl groups is 1. The summed E-state index contributed by atoms with van der Waals surface area (Å²) in [7, 11) is 0. The third kappa shape index (κ3) is 5.52. The van der Waals surface area contributed by atoms with Gasteiger partial charge < -0.3 is 16.2 Å². The molecular weight excluding hydrogens is 408 g/mol. The highest BCUT2D eigenvalue weighted by Crippen LogP contribution is 2.24. The van der Waals surface area contributed by atoms with E-state index in [1.165, 1.54) is 6.07 Å². The number of hydrogen-bond acceptors (Lipinski definition) is 3. The molecule has 0 aliphatic rings. The molecule has 0 bridgehead atoms. The fourth-order valence-electron chi connectivity index (χ4n) is 3.40. The molecule has 0 aromatic heterocycles. The van der Waals surface area contributed by atoms with Gasteiger partial charge in [-0.15, -0.1) is 0 Å². The number of para-hydroxylation sites is 2. The summed E-state index contributed by atoms with van der Waals surface area (Å²) < 4.78 is 28.6. The molecule has 3 aromatic rings. The number of aliphatic imine (C=N–C) groups is 1.